The van der Waals surface area contributed by atoms with Crippen LogP contribution in [-0.4, -0.2) is 0 Å². The van der Waals surface area contributed by atoms with Gasteiger partial charge < -0.3 is 0 Å². The monoisotopic (exact) mass is 171 g/mol. The third kappa shape index (κ3) is 1.19. The molecule has 0 nitrogen and oxygen atoms in total. The summed E-state index contributed by atoms with van der Waals surface area (Å²) in [5.74, 6) is -3.57. The summed E-state index contributed by atoms with van der Waals surface area (Å²) in [6, 6.07) is 3.22. The third-order valence-electron chi connectivity index (χ3n) is 1.96. The molecule has 0 bridgehead atoms. The smallest absolute Gasteiger partial charge is 0.195 e. The van der Waals surface area contributed by atoms with Crippen molar-refractivity contribution in [3.05, 3.63) is 35.1 Å². The minimum Gasteiger partial charge on any atom is -0.204 e. The van der Waals surface area contributed by atoms with Crippen LogP contribution in [0.15, 0.2) is 6.07 Å². The average Bonchev–Trinajstić information content (AvgIpc) is 2.81. The molecule has 1 saturated carbocycles. The summed E-state index contributed by atoms with van der Waals surface area (Å²) in [5.41, 5.74) is 0.450. The summed E-state index contributed by atoms with van der Waals surface area (Å²) in [7, 11) is 0. The molecule has 0 N–H and O–H groups in total. The molecule has 1 aromatic rings. The average molecular weight is 171 g/mol. The number of benzene rings is 1. The molecule has 3 heteroatoms. The zero-order valence-corrected chi connectivity index (χ0v) is 6.20. The Morgan fingerprint density at radius 2 is 1.92 bits per heavy atom. The third-order valence-corrected chi connectivity index (χ3v) is 1.96. The minimum atomic E-state index is -1.43. The maximum Gasteiger partial charge on any atom is 0.195 e. The van der Waals surface area contributed by atoms with Crippen LogP contribution in [0.25, 0.3) is 0 Å². The van der Waals surface area contributed by atoms with Gasteiger partial charge in [-0.3, -0.25) is 0 Å². The molecule has 0 aromatic heterocycles. The van der Waals surface area contributed by atoms with Gasteiger partial charge in [0.25, 0.3) is 0 Å². The van der Waals surface area contributed by atoms with Crippen molar-refractivity contribution in [1.82, 2.24) is 0 Å². The molecule has 0 unspecified atom stereocenters. The first-order valence-electron chi connectivity index (χ1n) is 3.75. The lowest BCUT2D eigenvalue weighted by Gasteiger charge is -1.99. The van der Waals surface area contributed by atoms with Gasteiger partial charge in [0, 0.05) is 6.07 Å². The molecule has 0 heterocycles. The summed E-state index contributed by atoms with van der Waals surface area (Å²) in [5, 5.41) is 0. The Hall–Kier alpha value is -0.990. The van der Waals surface area contributed by atoms with Crippen molar-refractivity contribution in [2.75, 3.05) is 0 Å². The number of halogens is 3. The summed E-state index contributed by atoms with van der Waals surface area (Å²) in [6.07, 6.45) is 1.84. The van der Waals surface area contributed by atoms with Crippen LogP contribution in [0.2, 0.25) is 0 Å². The highest BCUT2D eigenvalue weighted by Crippen LogP contribution is 2.40. The van der Waals surface area contributed by atoms with E-state index in [9.17, 15) is 13.2 Å². The molecule has 1 aromatic carbocycles. The van der Waals surface area contributed by atoms with Gasteiger partial charge in [0.2, 0.25) is 0 Å². The van der Waals surface area contributed by atoms with Gasteiger partial charge in [-0.2, -0.15) is 0 Å². The lowest BCUT2D eigenvalue weighted by molar-refractivity contribution is 0.444. The maximum atomic E-state index is 12.6. The van der Waals surface area contributed by atoms with Crippen LogP contribution in [0.4, 0.5) is 13.2 Å². The van der Waals surface area contributed by atoms with Crippen LogP contribution in [-0.2, 0) is 0 Å². The Kier molecular flexibility index (Phi) is 1.60. The van der Waals surface area contributed by atoms with Crippen molar-refractivity contribution in [3.63, 3.8) is 0 Å². The van der Waals surface area contributed by atoms with Crippen LogP contribution in [0.1, 0.15) is 24.3 Å². The van der Waals surface area contributed by atoms with Gasteiger partial charge in [-0.25, -0.2) is 13.2 Å². The molecule has 63 valence electrons. The normalized spacial score (nSPS) is 16.6. The zero-order valence-electron chi connectivity index (χ0n) is 6.20. The molecule has 0 amide bonds. The Balaban J connectivity index is 2.45. The standard InChI is InChI=1S/C9H6F3/c10-7-3-6(5-1-2-5)4-8(11)9(7)12/h3,5H,1-2H2. The molecule has 1 aliphatic carbocycles. The second-order valence-corrected chi connectivity index (χ2v) is 2.97. The maximum absolute atomic E-state index is 12.6. The van der Waals surface area contributed by atoms with Crippen LogP contribution >= 0.6 is 0 Å². The summed E-state index contributed by atoms with van der Waals surface area (Å²) >= 11 is 0. The summed E-state index contributed by atoms with van der Waals surface area (Å²) in [6.45, 7) is 0. The fourth-order valence-corrected chi connectivity index (χ4v) is 1.14. The highest BCUT2D eigenvalue weighted by Gasteiger charge is 2.26. The van der Waals surface area contributed by atoms with E-state index in [1.807, 2.05) is 0 Å². The molecule has 12 heavy (non-hydrogen) atoms. The first-order valence-corrected chi connectivity index (χ1v) is 3.75. The van der Waals surface area contributed by atoms with Gasteiger partial charge >= 0.3 is 0 Å². The molecule has 1 fully saturated rings. The van der Waals surface area contributed by atoms with Gasteiger partial charge in [-0.1, -0.05) is 0 Å². The molecule has 1 radical (unpaired) electrons. The van der Waals surface area contributed by atoms with Crippen molar-refractivity contribution >= 4 is 0 Å². The number of rotatable bonds is 1. The van der Waals surface area contributed by atoms with Crippen molar-refractivity contribution in [2.45, 2.75) is 18.8 Å². The molecule has 0 saturated heterocycles. The van der Waals surface area contributed by atoms with E-state index in [2.05, 4.69) is 6.07 Å². The van der Waals surface area contributed by atoms with Gasteiger partial charge in [0.05, 0.1) is 0 Å². The predicted octanol–water partition coefficient (Wildman–Crippen LogP) is 2.78. The second kappa shape index (κ2) is 2.51. The number of hydrogen-bond acceptors (Lipinski definition) is 0. The van der Waals surface area contributed by atoms with Gasteiger partial charge in [-0.15, -0.1) is 0 Å². The van der Waals surface area contributed by atoms with E-state index in [0.717, 1.165) is 18.9 Å². The van der Waals surface area contributed by atoms with Crippen LogP contribution in [0, 0.1) is 23.5 Å². The van der Waals surface area contributed by atoms with E-state index in [-0.39, 0.29) is 5.92 Å². The zero-order chi connectivity index (χ0) is 8.72. The minimum absolute atomic E-state index is 0.189. The first-order chi connectivity index (χ1) is 5.68. The fourth-order valence-electron chi connectivity index (χ4n) is 1.14. The van der Waals surface area contributed by atoms with E-state index in [0.29, 0.717) is 5.56 Å². The Morgan fingerprint density at radius 1 is 1.25 bits per heavy atom. The topological polar surface area (TPSA) is 0 Å². The van der Waals surface area contributed by atoms with E-state index in [4.69, 9.17) is 0 Å². The van der Waals surface area contributed by atoms with Crippen molar-refractivity contribution < 1.29 is 13.2 Å². The molecular formula is C9H6F3. The predicted molar refractivity (Wildman–Crippen MR) is 37.1 cm³/mol. The first kappa shape index (κ1) is 7.65. The molecular weight excluding hydrogens is 165 g/mol. The van der Waals surface area contributed by atoms with Crippen molar-refractivity contribution in [2.24, 2.45) is 0 Å². The van der Waals surface area contributed by atoms with Crippen LogP contribution in [0.5, 0.6) is 0 Å². The van der Waals surface area contributed by atoms with Crippen LogP contribution in [0.3, 0.4) is 0 Å². The molecule has 2 rings (SSSR count). The Bertz CT molecular complexity index is 293. The van der Waals surface area contributed by atoms with Crippen molar-refractivity contribution in [1.29, 1.82) is 0 Å². The Labute approximate surface area is 68.0 Å². The van der Waals surface area contributed by atoms with E-state index in [1.54, 1.807) is 0 Å². The molecule has 0 spiro atoms. The number of hydrogen-bond donors (Lipinski definition) is 0. The largest absolute Gasteiger partial charge is 0.204 e. The SMILES string of the molecule is Fc1[c]c(C2CC2)cc(F)c1F. The second-order valence-electron chi connectivity index (χ2n) is 2.97. The van der Waals surface area contributed by atoms with E-state index in [1.165, 1.54) is 0 Å². The molecule has 0 atom stereocenters. The summed E-state index contributed by atoms with van der Waals surface area (Å²) in [4.78, 5) is 0. The van der Waals surface area contributed by atoms with E-state index < -0.39 is 17.5 Å². The van der Waals surface area contributed by atoms with Gasteiger partial charge in [0.1, 0.15) is 0 Å². The lowest BCUT2D eigenvalue weighted by atomic mass is 10.1. The van der Waals surface area contributed by atoms with Gasteiger partial charge in [-0.05, 0) is 30.4 Å². The summed E-state index contributed by atoms with van der Waals surface area (Å²) < 4.78 is 37.6. The quantitative estimate of drug-likeness (QED) is 0.570. The van der Waals surface area contributed by atoms with Crippen LogP contribution < -0.4 is 0 Å². The highest BCUT2D eigenvalue weighted by atomic mass is 19.2. The molecule has 0 aliphatic heterocycles. The van der Waals surface area contributed by atoms with Gasteiger partial charge in [0.15, 0.2) is 17.5 Å². The molecule has 1 aliphatic rings. The Morgan fingerprint density at radius 3 is 2.42 bits per heavy atom. The van der Waals surface area contributed by atoms with E-state index >= 15 is 0 Å². The van der Waals surface area contributed by atoms with Crippen molar-refractivity contribution in [3.8, 4) is 0 Å². The lowest BCUT2D eigenvalue weighted by Crippen LogP contribution is -1.93. The fraction of sp³-hybridized carbons (Fsp3) is 0.333. The highest BCUT2D eigenvalue weighted by molar-refractivity contribution is 5.24.